The van der Waals surface area contributed by atoms with Crippen LogP contribution in [0.4, 0.5) is 10.5 Å². The number of nitrogens with one attached hydrogen (secondary N) is 2. The van der Waals surface area contributed by atoms with Crippen LogP contribution >= 0.6 is 15.9 Å². The summed E-state index contributed by atoms with van der Waals surface area (Å²) in [4.78, 5) is 29.6. The lowest BCUT2D eigenvalue weighted by Gasteiger charge is -2.25. The average molecular weight is 474 g/mol. The van der Waals surface area contributed by atoms with Crippen molar-refractivity contribution in [1.82, 2.24) is 10.3 Å². The van der Waals surface area contributed by atoms with Gasteiger partial charge < -0.3 is 15.4 Å². The maximum atomic E-state index is 12.7. The minimum atomic E-state index is -0.581. The molecule has 2 aromatic rings. The number of ether oxygens (including phenoxy) is 1. The smallest absolute Gasteiger partial charge is 0.408 e. The van der Waals surface area contributed by atoms with E-state index in [-0.39, 0.29) is 17.9 Å². The van der Waals surface area contributed by atoms with Gasteiger partial charge in [0.05, 0.1) is 11.7 Å². The normalized spacial score (nSPS) is 19.6. The fourth-order valence-corrected chi connectivity index (χ4v) is 3.79. The summed E-state index contributed by atoms with van der Waals surface area (Å²) in [6.45, 7) is 7.43. The second-order valence-electron chi connectivity index (χ2n) is 8.68. The maximum absolute atomic E-state index is 12.7. The molecule has 6 nitrogen and oxygen atoms in total. The van der Waals surface area contributed by atoms with Gasteiger partial charge in [0, 0.05) is 27.8 Å². The van der Waals surface area contributed by atoms with Crippen LogP contribution in [0.2, 0.25) is 0 Å². The van der Waals surface area contributed by atoms with Gasteiger partial charge in [-0.3, -0.25) is 9.78 Å². The Morgan fingerprint density at radius 2 is 2.00 bits per heavy atom. The second-order valence-corrected chi connectivity index (χ2v) is 9.59. The minimum absolute atomic E-state index is 0.00919. The van der Waals surface area contributed by atoms with Crippen LogP contribution in [0.5, 0.6) is 0 Å². The van der Waals surface area contributed by atoms with Crippen molar-refractivity contribution < 1.29 is 14.3 Å². The molecule has 160 valence electrons. The molecule has 1 aromatic carbocycles. The van der Waals surface area contributed by atoms with Crippen LogP contribution in [-0.4, -0.2) is 22.6 Å². The van der Waals surface area contributed by atoms with Gasteiger partial charge in [-0.1, -0.05) is 29.3 Å². The Morgan fingerprint density at radius 3 is 2.73 bits per heavy atom. The molecule has 0 saturated carbocycles. The summed E-state index contributed by atoms with van der Waals surface area (Å²) in [6, 6.07) is 9.34. The van der Waals surface area contributed by atoms with Crippen molar-refractivity contribution in [3.63, 3.8) is 0 Å². The highest BCUT2D eigenvalue weighted by molar-refractivity contribution is 9.10. The van der Waals surface area contributed by atoms with Gasteiger partial charge in [0.25, 0.3) is 0 Å². The lowest BCUT2D eigenvalue weighted by atomic mass is 9.95. The SMILES string of the molecule is C[C@@H]1CCC[C@H](NC(=O)OC(C)(C)C)c2cc(ccn2)-c2cc(Br)ccc2NC1=O. The molecule has 2 amide bonds. The van der Waals surface area contributed by atoms with Gasteiger partial charge in [0.2, 0.25) is 5.91 Å². The molecule has 0 fully saturated rings. The van der Waals surface area contributed by atoms with Gasteiger partial charge in [0.15, 0.2) is 0 Å². The predicted octanol–water partition coefficient (Wildman–Crippen LogP) is 5.84. The Labute approximate surface area is 185 Å². The third-order valence-electron chi connectivity index (χ3n) is 4.96. The highest BCUT2D eigenvalue weighted by atomic mass is 79.9. The minimum Gasteiger partial charge on any atom is -0.444 e. The molecule has 0 saturated heterocycles. The standard InChI is InChI=1S/C23H28BrN3O3/c1-14-6-5-7-19(27-22(29)30-23(2,3)4)20-12-15(10-11-25-20)17-13-16(24)8-9-18(17)26-21(14)28/h8-14,19H,5-7H2,1-4H3,(H,26,28)(H,27,29)/t14-,19+/m1/s1. The van der Waals surface area contributed by atoms with E-state index in [1.54, 1.807) is 6.20 Å². The number of carbonyl (C=O) groups excluding carboxylic acids is 2. The summed E-state index contributed by atoms with van der Waals surface area (Å²) in [6.07, 6.45) is 3.41. The number of anilines is 1. The molecule has 1 aliphatic rings. The van der Waals surface area contributed by atoms with Crippen molar-refractivity contribution in [2.75, 3.05) is 5.32 Å². The summed E-state index contributed by atoms with van der Waals surface area (Å²) in [7, 11) is 0. The Morgan fingerprint density at radius 1 is 1.23 bits per heavy atom. The largest absolute Gasteiger partial charge is 0.444 e. The maximum Gasteiger partial charge on any atom is 0.408 e. The van der Waals surface area contributed by atoms with Crippen molar-refractivity contribution in [1.29, 1.82) is 0 Å². The fourth-order valence-electron chi connectivity index (χ4n) is 3.43. The molecule has 2 heterocycles. The Balaban J connectivity index is 2.01. The van der Waals surface area contributed by atoms with E-state index in [1.165, 1.54) is 0 Å². The molecule has 3 rings (SSSR count). The van der Waals surface area contributed by atoms with Gasteiger partial charge in [-0.2, -0.15) is 0 Å². The number of aromatic nitrogens is 1. The summed E-state index contributed by atoms with van der Waals surface area (Å²) in [5, 5.41) is 6.03. The molecule has 2 N–H and O–H groups in total. The fraction of sp³-hybridized carbons (Fsp3) is 0.435. The van der Waals surface area contributed by atoms with E-state index >= 15 is 0 Å². The lowest BCUT2D eigenvalue weighted by Crippen LogP contribution is -2.35. The number of amides is 2. The number of fused-ring (bicyclic) bond motifs is 4. The number of pyridine rings is 1. The topological polar surface area (TPSA) is 80.3 Å². The van der Waals surface area contributed by atoms with Crippen LogP contribution < -0.4 is 10.6 Å². The highest BCUT2D eigenvalue weighted by Crippen LogP contribution is 2.34. The van der Waals surface area contributed by atoms with E-state index in [0.29, 0.717) is 12.8 Å². The van der Waals surface area contributed by atoms with Crippen molar-refractivity contribution >= 4 is 33.6 Å². The van der Waals surface area contributed by atoms with E-state index < -0.39 is 11.7 Å². The molecule has 0 unspecified atom stereocenters. The summed E-state index contributed by atoms with van der Waals surface area (Å²) < 4.78 is 6.36. The molecule has 2 atom stereocenters. The second kappa shape index (κ2) is 9.16. The summed E-state index contributed by atoms with van der Waals surface area (Å²) in [5.74, 6) is -0.153. The van der Waals surface area contributed by atoms with Crippen LogP contribution in [0.25, 0.3) is 11.1 Å². The molecular formula is C23H28BrN3O3. The summed E-state index contributed by atoms with van der Waals surface area (Å²) in [5.41, 5.74) is 2.75. The lowest BCUT2D eigenvalue weighted by molar-refractivity contribution is -0.119. The highest BCUT2D eigenvalue weighted by Gasteiger charge is 2.24. The van der Waals surface area contributed by atoms with E-state index in [1.807, 2.05) is 58.0 Å². The number of alkyl carbamates (subject to hydrolysis) is 1. The van der Waals surface area contributed by atoms with Crippen LogP contribution in [0.15, 0.2) is 41.0 Å². The first-order valence-corrected chi connectivity index (χ1v) is 11.0. The molecule has 0 aliphatic carbocycles. The number of hydrogen-bond acceptors (Lipinski definition) is 4. The molecule has 1 aromatic heterocycles. The van der Waals surface area contributed by atoms with Gasteiger partial charge in [-0.15, -0.1) is 0 Å². The average Bonchev–Trinajstić information content (AvgIpc) is 2.66. The monoisotopic (exact) mass is 473 g/mol. The van der Waals surface area contributed by atoms with Crippen molar-refractivity contribution in [2.24, 2.45) is 5.92 Å². The van der Waals surface area contributed by atoms with Crippen LogP contribution in [0, 0.1) is 5.92 Å². The quantitative estimate of drug-likeness (QED) is 0.545. The Bertz CT molecular complexity index is 940. The molecule has 0 spiro atoms. The molecule has 1 aliphatic heterocycles. The zero-order valence-corrected chi connectivity index (χ0v) is 19.4. The van der Waals surface area contributed by atoms with Gasteiger partial charge in [-0.05, 0) is 69.5 Å². The van der Waals surface area contributed by atoms with Gasteiger partial charge in [-0.25, -0.2) is 4.79 Å². The van der Waals surface area contributed by atoms with Crippen LogP contribution in [-0.2, 0) is 9.53 Å². The zero-order valence-electron chi connectivity index (χ0n) is 17.8. The third kappa shape index (κ3) is 5.81. The molecule has 0 radical (unpaired) electrons. The number of halogens is 1. The number of hydrogen-bond donors (Lipinski definition) is 2. The van der Waals surface area contributed by atoms with Gasteiger partial charge >= 0.3 is 6.09 Å². The molecule has 30 heavy (non-hydrogen) atoms. The number of benzene rings is 1. The van der Waals surface area contributed by atoms with E-state index in [2.05, 4.69) is 31.5 Å². The van der Waals surface area contributed by atoms with E-state index in [0.717, 1.165) is 33.4 Å². The number of nitrogens with zero attached hydrogens (tertiary/aromatic N) is 1. The third-order valence-corrected chi connectivity index (χ3v) is 5.45. The molecule has 2 bridgehead atoms. The van der Waals surface area contributed by atoms with Crippen molar-refractivity contribution in [3.8, 4) is 11.1 Å². The van der Waals surface area contributed by atoms with E-state index in [4.69, 9.17) is 4.74 Å². The summed E-state index contributed by atoms with van der Waals surface area (Å²) >= 11 is 3.52. The zero-order chi connectivity index (χ0) is 21.9. The Hall–Kier alpha value is -2.41. The molecular weight excluding hydrogens is 446 g/mol. The molecule has 7 heteroatoms. The first-order valence-electron chi connectivity index (χ1n) is 10.2. The first kappa shape index (κ1) is 22.3. The number of rotatable bonds is 1. The first-order chi connectivity index (χ1) is 14.1. The van der Waals surface area contributed by atoms with Crippen LogP contribution in [0.1, 0.15) is 58.7 Å². The number of carbonyl (C=O) groups is 2. The van der Waals surface area contributed by atoms with Crippen molar-refractivity contribution in [3.05, 3.63) is 46.7 Å². The Kier molecular flexibility index (Phi) is 6.81. The van der Waals surface area contributed by atoms with E-state index in [9.17, 15) is 9.59 Å². The predicted molar refractivity (Wildman–Crippen MR) is 121 cm³/mol. The van der Waals surface area contributed by atoms with Crippen LogP contribution in [0.3, 0.4) is 0 Å². The van der Waals surface area contributed by atoms with Gasteiger partial charge in [0.1, 0.15) is 5.60 Å². The van der Waals surface area contributed by atoms with Crippen molar-refractivity contribution in [2.45, 2.75) is 58.6 Å².